The molecule has 2 atom stereocenters. The van der Waals surface area contributed by atoms with Crippen molar-refractivity contribution in [3.05, 3.63) is 70.7 Å². The highest BCUT2D eigenvalue weighted by Crippen LogP contribution is 2.30. The number of amides is 1. The molecule has 210 valence electrons. The van der Waals surface area contributed by atoms with E-state index < -0.39 is 12.0 Å². The Morgan fingerprint density at radius 3 is 2.11 bits per heavy atom. The third-order valence-electron chi connectivity index (χ3n) is 6.24. The fourth-order valence-electron chi connectivity index (χ4n) is 4.44. The maximum atomic E-state index is 10.6. The Morgan fingerprint density at radius 1 is 0.974 bits per heavy atom. The second-order valence-electron chi connectivity index (χ2n) is 9.80. The number of benzene rings is 2. The number of carbonyl (C=O) groups is 2. The Bertz CT molecular complexity index is 950. The van der Waals surface area contributed by atoms with Gasteiger partial charge in [-0.3, -0.25) is 14.6 Å². The molecule has 0 saturated carbocycles. The Kier molecular flexibility index (Phi) is 14.3. The van der Waals surface area contributed by atoms with Crippen LogP contribution in [0, 0.1) is 5.92 Å². The van der Waals surface area contributed by atoms with Crippen LogP contribution in [0.3, 0.4) is 0 Å². The summed E-state index contributed by atoms with van der Waals surface area (Å²) >= 11 is 6.09. The van der Waals surface area contributed by atoms with Crippen molar-refractivity contribution in [2.24, 2.45) is 5.92 Å². The molecule has 0 bridgehead atoms. The zero-order valence-electron chi connectivity index (χ0n) is 22.7. The number of halogens is 1. The second-order valence-corrected chi connectivity index (χ2v) is 10.2. The van der Waals surface area contributed by atoms with Crippen LogP contribution in [0.25, 0.3) is 0 Å². The van der Waals surface area contributed by atoms with Crippen LogP contribution in [0.15, 0.2) is 54.6 Å². The number of carbonyl (C=O) groups excluding carboxylic acids is 1. The van der Waals surface area contributed by atoms with Crippen LogP contribution >= 0.6 is 11.6 Å². The highest BCUT2D eigenvalue weighted by Gasteiger charge is 2.26. The van der Waals surface area contributed by atoms with Crippen LogP contribution in [0.1, 0.15) is 44.4 Å². The van der Waals surface area contributed by atoms with E-state index in [0.29, 0.717) is 19.6 Å². The minimum absolute atomic E-state index is 0.0909. The fraction of sp³-hybridized carbons (Fsp3) is 0.517. The summed E-state index contributed by atoms with van der Waals surface area (Å²) in [6.07, 6.45) is 0.467. The van der Waals surface area contributed by atoms with E-state index in [9.17, 15) is 9.59 Å². The van der Waals surface area contributed by atoms with E-state index in [1.807, 2.05) is 26.0 Å². The van der Waals surface area contributed by atoms with E-state index in [1.165, 1.54) is 18.1 Å². The lowest BCUT2D eigenvalue weighted by molar-refractivity contribution is -0.142. The smallest absolute Gasteiger partial charge is 0.326 e. The van der Waals surface area contributed by atoms with Gasteiger partial charge in [0.15, 0.2) is 0 Å². The molecule has 2 aromatic rings. The topological polar surface area (TPSA) is 102 Å². The average molecular weight is 548 g/mol. The number of aliphatic hydroxyl groups excluding tert-OH is 1. The van der Waals surface area contributed by atoms with Gasteiger partial charge in [0.2, 0.25) is 5.91 Å². The molecular formula is C29H42ClN3O5. The van der Waals surface area contributed by atoms with Crippen LogP contribution < -0.4 is 5.32 Å². The largest absolute Gasteiger partial charge is 0.480 e. The van der Waals surface area contributed by atoms with Crippen molar-refractivity contribution in [2.75, 3.05) is 52.5 Å². The Hall–Kier alpha value is -2.49. The van der Waals surface area contributed by atoms with E-state index >= 15 is 0 Å². The summed E-state index contributed by atoms with van der Waals surface area (Å²) < 4.78 is 5.39. The van der Waals surface area contributed by atoms with Crippen molar-refractivity contribution >= 4 is 23.5 Å². The minimum atomic E-state index is -0.973. The summed E-state index contributed by atoms with van der Waals surface area (Å²) in [4.78, 5) is 26.1. The lowest BCUT2D eigenvalue weighted by atomic mass is 9.96. The van der Waals surface area contributed by atoms with Gasteiger partial charge >= 0.3 is 5.97 Å². The molecule has 9 heteroatoms. The lowest BCUT2D eigenvalue weighted by Crippen LogP contribution is -2.48. The molecule has 1 fully saturated rings. The van der Waals surface area contributed by atoms with Gasteiger partial charge in [-0.05, 0) is 35.6 Å². The predicted octanol–water partition coefficient (Wildman–Crippen LogP) is 3.68. The first kappa shape index (κ1) is 31.7. The maximum Gasteiger partial charge on any atom is 0.326 e. The van der Waals surface area contributed by atoms with Gasteiger partial charge in [0.05, 0.1) is 25.9 Å². The molecular weight excluding hydrogens is 506 g/mol. The molecule has 1 heterocycles. The van der Waals surface area contributed by atoms with Crippen LogP contribution in [0.4, 0.5) is 0 Å². The molecule has 1 saturated heterocycles. The number of aliphatic hydroxyl groups is 1. The van der Waals surface area contributed by atoms with E-state index in [0.717, 1.165) is 37.7 Å². The Morgan fingerprint density at radius 2 is 1.58 bits per heavy atom. The van der Waals surface area contributed by atoms with Gasteiger partial charge < -0.3 is 20.3 Å². The van der Waals surface area contributed by atoms with Gasteiger partial charge in [-0.15, -0.1) is 0 Å². The van der Waals surface area contributed by atoms with Crippen molar-refractivity contribution in [1.82, 2.24) is 15.1 Å². The molecule has 1 amide bonds. The summed E-state index contributed by atoms with van der Waals surface area (Å²) in [6.45, 7) is 11.3. The summed E-state index contributed by atoms with van der Waals surface area (Å²) in [6, 6.07) is 18.4. The monoisotopic (exact) mass is 547 g/mol. The standard InChI is InChI=1S/C21H27ClN2O2.C8H15NO3/c22-20-8-6-19(7-9-20)21(18-4-2-1-3-5-18)24-12-10-23(11-13-24)14-16-26-17-15-25;1-5(2)4-7(8(11)12)9-6(3)10/h1-9,21,25H,10-17H2;5,7H,4H2,1-3H3,(H,9,10)(H,11,12). The first-order valence-corrected chi connectivity index (χ1v) is 13.5. The van der Waals surface area contributed by atoms with E-state index in [1.54, 1.807) is 0 Å². The molecule has 0 aliphatic carbocycles. The van der Waals surface area contributed by atoms with Crippen LogP contribution in [-0.4, -0.2) is 90.5 Å². The molecule has 0 aromatic heterocycles. The summed E-state index contributed by atoms with van der Waals surface area (Å²) in [7, 11) is 0. The van der Waals surface area contributed by atoms with Crippen LogP contribution in [0.2, 0.25) is 5.02 Å². The third-order valence-corrected chi connectivity index (χ3v) is 6.50. The number of rotatable bonds is 12. The number of aliphatic carboxylic acids is 1. The van der Waals surface area contributed by atoms with E-state index in [-0.39, 0.29) is 24.5 Å². The molecule has 2 unspecified atom stereocenters. The number of hydrogen-bond acceptors (Lipinski definition) is 6. The van der Waals surface area contributed by atoms with E-state index in [4.69, 9.17) is 26.6 Å². The number of ether oxygens (including phenoxy) is 1. The van der Waals surface area contributed by atoms with Crippen molar-refractivity contribution in [1.29, 1.82) is 0 Å². The fourth-order valence-corrected chi connectivity index (χ4v) is 4.56. The lowest BCUT2D eigenvalue weighted by Gasteiger charge is -2.39. The third kappa shape index (κ3) is 11.5. The Labute approximate surface area is 231 Å². The SMILES string of the molecule is CC(=O)NC(CC(C)C)C(=O)O.OCCOCCN1CCN(C(c2ccccc2)c2ccc(Cl)cc2)CC1. The Balaban J connectivity index is 0.000000358. The van der Waals surface area contributed by atoms with Crippen LogP contribution in [0.5, 0.6) is 0 Å². The van der Waals surface area contributed by atoms with Crippen molar-refractivity contribution in [3.8, 4) is 0 Å². The molecule has 0 radical (unpaired) electrons. The molecule has 0 spiro atoms. The van der Waals surface area contributed by atoms with Gasteiger partial charge in [0.1, 0.15) is 6.04 Å². The molecule has 2 aromatic carbocycles. The maximum absolute atomic E-state index is 10.6. The number of piperazine rings is 1. The van der Waals surface area contributed by atoms with Crippen LogP contribution in [-0.2, 0) is 14.3 Å². The highest BCUT2D eigenvalue weighted by atomic mass is 35.5. The number of hydrogen-bond donors (Lipinski definition) is 3. The summed E-state index contributed by atoms with van der Waals surface area (Å²) in [5.41, 5.74) is 2.59. The van der Waals surface area contributed by atoms with Gasteiger partial charge in [-0.1, -0.05) is 67.9 Å². The van der Waals surface area contributed by atoms with Gasteiger partial charge in [-0.2, -0.15) is 0 Å². The van der Waals surface area contributed by atoms with E-state index in [2.05, 4.69) is 57.6 Å². The molecule has 1 aliphatic heterocycles. The van der Waals surface area contributed by atoms with Gasteiger partial charge in [0.25, 0.3) is 0 Å². The zero-order valence-corrected chi connectivity index (χ0v) is 23.4. The van der Waals surface area contributed by atoms with Gasteiger partial charge in [0, 0.05) is 44.7 Å². The zero-order chi connectivity index (χ0) is 27.9. The summed E-state index contributed by atoms with van der Waals surface area (Å²) in [5, 5.41) is 20.6. The number of carboxylic acid groups (broad SMARTS) is 1. The van der Waals surface area contributed by atoms with Crippen molar-refractivity contribution in [3.63, 3.8) is 0 Å². The predicted molar refractivity (Wildman–Crippen MR) is 150 cm³/mol. The normalized spacial score (nSPS) is 15.8. The number of nitrogens with one attached hydrogen (secondary N) is 1. The highest BCUT2D eigenvalue weighted by molar-refractivity contribution is 6.30. The second kappa shape index (κ2) is 17.2. The molecule has 38 heavy (non-hydrogen) atoms. The quantitative estimate of drug-likeness (QED) is 0.348. The molecule has 3 rings (SSSR count). The number of carboxylic acids is 1. The minimum Gasteiger partial charge on any atom is -0.480 e. The van der Waals surface area contributed by atoms with Crippen molar-refractivity contribution in [2.45, 2.75) is 39.3 Å². The molecule has 1 aliphatic rings. The van der Waals surface area contributed by atoms with Gasteiger partial charge in [-0.25, -0.2) is 4.79 Å². The van der Waals surface area contributed by atoms with Crippen molar-refractivity contribution < 1.29 is 24.5 Å². The molecule has 8 nitrogen and oxygen atoms in total. The first-order chi connectivity index (χ1) is 18.2. The number of nitrogens with zero attached hydrogens (tertiary/aromatic N) is 2. The average Bonchev–Trinajstić information content (AvgIpc) is 2.89. The molecule has 3 N–H and O–H groups in total. The first-order valence-electron chi connectivity index (χ1n) is 13.2. The summed E-state index contributed by atoms with van der Waals surface area (Å²) in [5.74, 6) is -1.01.